The first kappa shape index (κ1) is 14.0. The molecule has 2 rings (SSSR count). The molecule has 7 heteroatoms. The standard InChI is InChI=1S/C12H19N3O4/c1-8(2)11-13-10(14-19-11)6-15-4-5-18-7-9(15)12(16)17-3/h8-9H,4-7H2,1-3H3. The maximum Gasteiger partial charge on any atom is 0.325 e. The number of rotatable bonds is 4. The molecule has 1 aromatic heterocycles. The van der Waals surface area contributed by atoms with Crippen LogP contribution in [0.25, 0.3) is 0 Å². The van der Waals surface area contributed by atoms with E-state index in [1.807, 2.05) is 18.7 Å². The predicted molar refractivity (Wildman–Crippen MR) is 65.4 cm³/mol. The number of hydrogen-bond donors (Lipinski definition) is 0. The van der Waals surface area contributed by atoms with E-state index in [-0.39, 0.29) is 11.9 Å². The Kier molecular flexibility index (Phi) is 4.49. The van der Waals surface area contributed by atoms with Crippen molar-refractivity contribution in [3.63, 3.8) is 0 Å². The van der Waals surface area contributed by atoms with Crippen LogP contribution in [0.2, 0.25) is 0 Å². The van der Waals surface area contributed by atoms with E-state index in [1.54, 1.807) is 0 Å². The Hall–Kier alpha value is -1.47. The lowest BCUT2D eigenvalue weighted by Crippen LogP contribution is -2.49. The van der Waals surface area contributed by atoms with Crippen molar-refractivity contribution in [3.8, 4) is 0 Å². The Morgan fingerprint density at radius 1 is 1.58 bits per heavy atom. The number of carbonyl (C=O) groups is 1. The zero-order valence-electron chi connectivity index (χ0n) is 11.5. The van der Waals surface area contributed by atoms with Crippen molar-refractivity contribution in [2.75, 3.05) is 26.9 Å². The first-order valence-corrected chi connectivity index (χ1v) is 6.34. The lowest BCUT2D eigenvalue weighted by molar-refractivity contribution is -0.153. The zero-order valence-corrected chi connectivity index (χ0v) is 11.5. The molecule has 0 spiro atoms. The summed E-state index contributed by atoms with van der Waals surface area (Å²) in [6, 6.07) is -0.403. The summed E-state index contributed by atoms with van der Waals surface area (Å²) in [7, 11) is 1.38. The quantitative estimate of drug-likeness (QED) is 0.739. The number of esters is 1. The molecule has 1 atom stereocenters. The highest BCUT2D eigenvalue weighted by Gasteiger charge is 2.31. The van der Waals surface area contributed by atoms with Gasteiger partial charge in [0, 0.05) is 12.5 Å². The van der Waals surface area contributed by atoms with E-state index in [0.29, 0.717) is 38.0 Å². The Balaban J connectivity index is 2.04. The van der Waals surface area contributed by atoms with Gasteiger partial charge in [-0.15, -0.1) is 0 Å². The van der Waals surface area contributed by atoms with E-state index in [9.17, 15) is 4.79 Å². The van der Waals surface area contributed by atoms with E-state index in [0.717, 1.165) is 0 Å². The maximum absolute atomic E-state index is 11.7. The van der Waals surface area contributed by atoms with Crippen molar-refractivity contribution < 1.29 is 18.8 Å². The summed E-state index contributed by atoms with van der Waals surface area (Å²) in [6.45, 7) is 6.00. The molecular formula is C12H19N3O4. The Bertz CT molecular complexity index is 432. The van der Waals surface area contributed by atoms with Crippen molar-refractivity contribution in [2.24, 2.45) is 0 Å². The fourth-order valence-electron chi connectivity index (χ4n) is 1.93. The lowest BCUT2D eigenvalue weighted by atomic mass is 10.2. The fourth-order valence-corrected chi connectivity index (χ4v) is 1.93. The van der Waals surface area contributed by atoms with E-state index >= 15 is 0 Å². The minimum atomic E-state index is -0.403. The summed E-state index contributed by atoms with van der Waals surface area (Å²) in [6.07, 6.45) is 0. The molecule has 7 nitrogen and oxygen atoms in total. The molecule has 1 fully saturated rings. The molecule has 0 N–H and O–H groups in total. The van der Waals surface area contributed by atoms with Gasteiger partial charge in [-0.2, -0.15) is 4.98 Å². The first-order chi connectivity index (χ1) is 9.11. The number of aromatic nitrogens is 2. The molecule has 0 aromatic carbocycles. The topological polar surface area (TPSA) is 77.7 Å². The van der Waals surface area contributed by atoms with Crippen molar-refractivity contribution in [2.45, 2.75) is 32.4 Å². The largest absolute Gasteiger partial charge is 0.468 e. The molecule has 1 aromatic rings. The normalized spacial score (nSPS) is 20.7. The van der Waals surface area contributed by atoms with Crippen LogP contribution in [0.15, 0.2) is 4.52 Å². The summed E-state index contributed by atoms with van der Waals surface area (Å²) >= 11 is 0. The van der Waals surface area contributed by atoms with Crippen LogP contribution < -0.4 is 0 Å². The highest BCUT2D eigenvalue weighted by molar-refractivity contribution is 5.75. The van der Waals surface area contributed by atoms with Gasteiger partial charge in [0.1, 0.15) is 6.04 Å². The molecule has 1 aliphatic heterocycles. The second-order valence-electron chi connectivity index (χ2n) is 4.79. The van der Waals surface area contributed by atoms with Gasteiger partial charge in [0.15, 0.2) is 5.82 Å². The minimum absolute atomic E-state index is 0.197. The third kappa shape index (κ3) is 3.30. The summed E-state index contributed by atoms with van der Waals surface area (Å²) in [5.74, 6) is 1.09. The predicted octanol–water partition coefficient (Wildman–Crippen LogP) is 0.567. The molecule has 1 aliphatic rings. The number of nitrogens with zero attached hydrogens (tertiary/aromatic N) is 3. The fraction of sp³-hybridized carbons (Fsp3) is 0.750. The van der Waals surface area contributed by atoms with Gasteiger partial charge in [0.25, 0.3) is 0 Å². The smallest absolute Gasteiger partial charge is 0.325 e. The molecule has 0 saturated carbocycles. The highest BCUT2D eigenvalue weighted by Crippen LogP contribution is 2.15. The van der Waals surface area contributed by atoms with Crippen molar-refractivity contribution in [1.82, 2.24) is 15.0 Å². The van der Waals surface area contributed by atoms with Gasteiger partial charge in [0.2, 0.25) is 5.89 Å². The van der Waals surface area contributed by atoms with Crippen LogP contribution in [-0.4, -0.2) is 53.9 Å². The van der Waals surface area contributed by atoms with Gasteiger partial charge in [-0.1, -0.05) is 19.0 Å². The molecule has 0 amide bonds. The summed E-state index contributed by atoms with van der Waals surface area (Å²) in [5.41, 5.74) is 0. The molecule has 0 aliphatic carbocycles. The number of methoxy groups -OCH3 is 1. The van der Waals surface area contributed by atoms with Gasteiger partial charge < -0.3 is 14.0 Å². The van der Waals surface area contributed by atoms with E-state index in [4.69, 9.17) is 14.0 Å². The van der Waals surface area contributed by atoms with Crippen LogP contribution in [0.3, 0.4) is 0 Å². The average molecular weight is 269 g/mol. The molecule has 2 heterocycles. The Labute approximate surface area is 111 Å². The molecule has 1 unspecified atom stereocenters. The van der Waals surface area contributed by atoms with E-state index in [2.05, 4.69) is 10.1 Å². The van der Waals surface area contributed by atoms with Crippen molar-refractivity contribution in [1.29, 1.82) is 0 Å². The summed E-state index contributed by atoms with van der Waals surface area (Å²) in [4.78, 5) is 17.9. The third-order valence-electron chi connectivity index (χ3n) is 3.03. The number of hydrogen-bond acceptors (Lipinski definition) is 7. The minimum Gasteiger partial charge on any atom is -0.468 e. The SMILES string of the molecule is COC(=O)C1COCCN1Cc1noc(C(C)C)n1. The molecule has 0 bridgehead atoms. The highest BCUT2D eigenvalue weighted by atomic mass is 16.5. The van der Waals surface area contributed by atoms with Gasteiger partial charge in [-0.05, 0) is 0 Å². The second kappa shape index (κ2) is 6.12. The lowest BCUT2D eigenvalue weighted by Gasteiger charge is -2.32. The third-order valence-corrected chi connectivity index (χ3v) is 3.03. The monoisotopic (exact) mass is 269 g/mol. The van der Waals surface area contributed by atoms with Crippen LogP contribution in [-0.2, 0) is 20.8 Å². The van der Waals surface area contributed by atoms with Crippen LogP contribution in [0.1, 0.15) is 31.5 Å². The average Bonchev–Trinajstić information content (AvgIpc) is 2.87. The number of ether oxygens (including phenoxy) is 2. The number of morpholine rings is 1. The van der Waals surface area contributed by atoms with Crippen LogP contribution in [0, 0.1) is 0 Å². The Morgan fingerprint density at radius 2 is 2.37 bits per heavy atom. The summed E-state index contributed by atoms with van der Waals surface area (Å²) < 4.78 is 15.2. The Morgan fingerprint density at radius 3 is 3.00 bits per heavy atom. The van der Waals surface area contributed by atoms with Gasteiger partial charge in [0.05, 0.1) is 26.9 Å². The molecule has 1 saturated heterocycles. The van der Waals surface area contributed by atoms with Crippen LogP contribution in [0.5, 0.6) is 0 Å². The zero-order chi connectivity index (χ0) is 13.8. The maximum atomic E-state index is 11.7. The molecule has 0 radical (unpaired) electrons. The molecule has 106 valence electrons. The van der Waals surface area contributed by atoms with E-state index < -0.39 is 6.04 Å². The second-order valence-corrected chi connectivity index (χ2v) is 4.79. The molecule has 19 heavy (non-hydrogen) atoms. The van der Waals surface area contributed by atoms with Crippen molar-refractivity contribution >= 4 is 5.97 Å². The van der Waals surface area contributed by atoms with Gasteiger partial charge in [-0.25, -0.2) is 0 Å². The summed E-state index contributed by atoms with van der Waals surface area (Å²) in [5, 5.41) is 3.93. The van der Waals surface area contributed by atoms with Crippen LogP contribution >= 0.6 is 0 Å². The van der Waals surface area contributed by atoms with Crippen LogP contribution in [0.4, 0.5) is 0 Å². The van der Waals surface area contributed by atoms with Gasteiger partial charge >= 0.3 is 5.97 Å². The first-order valence-electron chi connectivity index (χ1n) is 6.34. The van der Waals surface area contributed by atoms with Crippen molar-refractivity contribution in [3.05, 3.63) is 11.7 Å². The number of carbonyl (C=O) groups excluding carboxylic acids is 1. The van der Waals surface area contributed by atoms with E-state index in [1.165, 1.54) is 7.11 Å². The molecular weight excluding hydrogens is 250 g/mol. The van der Waals surface area contributed by atoms with Gasteiger partial charge in [-0.3, -0.25) is 9.69 Å².